The third kappa shape index (κ3) is 6.79. The van der Waals surface area contributed by atoms with Crippen LogP contribution >= 0.6 is 11.6 Å². The zero-order chi connectivity index (χ0) is 33.5. The lowest BCUT2D eigenvalue weighted by Crippen LogP contribution is -2.51. The molecule has 48 heavy (non-hydrogen) atoms. The first kappa shape index (κ1) is 33.3. The van der Waals surface area contributed by atoms with Crippen LogP contribution < -0.4 is 9.64 Å². The summed E-state index contributed by atoms with van der Waals surface area (Å²) in [6, 6.07) is 13.0. The van der Waals surface area contributed by atoms with Crippen molar-refractivity contribution >= 4 is 33.1 Å². The molecule has 0 radical (unpaired) electrons. The van der Waals surface area contributed by atoms with E-state index in [0.29, 0.717) is 43.6 Å². The molecule has 256 valence electrons. The summed E-state index contributed by atoms with van der Waals surface area (Å²) in [4.78, 5) is 22.2. The highest BCUT2D eigenvalue weighted by Gasteiger charge is 2.45. The molecule has 6 atom stereocenters. The molecule has 10 nitrogen and oxygen atoms in total. The van der Waals surface area contributed by atoms with Gasteiger partial charge in [0.05, 0.1) is 41.9 Å². The van der Waals surface area contributed by atoms with Crippen molar-refractivity contribution in [1.29, 1.82) is 0 Å². The molecule has 0 bridgehead atoms. The van der Waals surface area contributed by atoms with Crippen molar-refractivity contribution in [2.45, 2.75) is 80.8 Å². The van der Waals surface area contributed by atoms with Crippen molar-refractivity contribution in [1.82, 2.24) is 9.97 Å². The molecule has 0 amide bonds. The van der Waals surface area contributed by atoms with Crippen molar-refractivity contribution in [3.05, 3.63) is 76.6 Å². The molecule has 1 unspecified atom stereocenters. The minimum Gasteiger partial charge on any atom is -0.490 e. The Hall–Kier alpha value is -3.25. The summed E-state index contributed by atoms with van der Waals surface area (Å²) in [6.07, 6.45) is 8.72. The summed E-state index contributed by atoms with van der Waals surface area (Å²) in [5.74, 6) is 0.219. The molecule has 1 N–H and O–H groups in total. The summed E-state index contributed by atoms with van der Waals surface area (Å²) in [6.45, 7) is 4.33. The van der Waals surface area contributed by atoms with Crippen molar-refractivity contribution in [2.24, 2.45) is 11.8 Å². The van der Waals surface area contributed by atoms with E-state index in [9.17, 15) is 18.3 Å². The normalized spacial score (nSPS) is 27.6. The Morgan fingerprint density at radius 3 is 2.77 bits per heavy atom. The number of aryl methyl sites for hydroxylation is 1. The SMILES string of the molecule is C[C@H](CS(=O)(=O)c1ncccn1)O[C@H]1CCO[C@@H]([C@@H]2CC[C@H]2CN2CC3(CCCc4cc(Cl)ccc43)COc3ccc(C(=O)O)cc32)C1. The quantitative estimate of drug-likeness (QED) is 0.276. The second-order valence-corrected chi connectivity index (χ2v) is 16.3. The van der Waals surface area contributed by atoms with Crippen LogP contribution in [-0.2, 0) is 31.1 Å². The zero-order valence-corrected chi connectivity index (χ0v) is 28.7. The number of benzene rings is 2. The fraction of sp³-hybridized carbons (Fsp3) is 0.528. The number of carboxylic acid groups (broad SMARTS) is 1. The number of fused-ring (bicyclic) bond motifs is 3. The van der Waals surface area contributed by atoms with Crippen molar-refractivity contribution < 1.29 is 32.5 Å². The Balaban J connectivity index is 1.08. The third-order valence-electron chi connectivity index (χ3n) is 10.7. The lowest BCUT2D eigenvalue weighted by atomic mass is 9.67. The van der Waals surface area contributed by atoms with Crippen LogP contribution in [0, 0.1) is 11.8 Å². The van der Waals surface area contributed by atoms with Gasteiger partial charge in [-0.2, -0.15) is 0 Å². The molecule has 4 aliphatic rings. The zero-order valence-electron chi connectivity index (χ0n) is 27.1. The summed E-state index contributed by atoms with van der Waals surface area (Å²) in [5.41, 5.74) is 3.34. The molecule has 1 aromatic heterocycles. The van der Waals surface area contributed by atoms with E-state index in [1.807, 2.05) is 6.07 Å². The van der Waals surface area contributed by atoms with Gasteiger partial charge in [0.25, 0.3) is 0 Å². The number of halogens is 1. The predicted molar refractivity (Wildman–Crippen MR) is 181 cm³/mol. The Bertz CT molecular complexity index is 1760. The number of aromatic nitrogens is 2. The lowest BCUT2D eigenvalue weighted by Gasteiger charge is -2.48. The van der Waals surface area contributed by atoms with E-state index in [1.165, 1.54) is 23.5 Å². The number of rotatable bonds is 9. The summed E-state index contributed by atoms with van der Waals surface area (Å²) in [7, 11) is -3.66. The van der Waals surface area contributed by atoms with E-state index < -0.39 is 21.9 Å². The average molecular weight is 696 g/mol. The van der Waals surface area contributed by atoms with Gasteiger partial charge in [-0.3, -0.25) is 0 Å². The number of carboxylic acids is 1. The van der Waals surface area contributed by atoms with Crippen molar-refractivity contribution in [2.75, 3.05) is 37.0 Å². The molecule has 3 aromatic rings. The number of ether oxygens (including phenoxy) is 3. The molecule has 1 saturated carbocycles. The largest absolute Gasteiger partial charge is 0.490 e. The Morgan fingerprint density at radius 2 is 2.00 bits per heavy atom. The van der Waals surface area contributed by atoms with Crippen LogP contribution in [0.4, 0.5) is 5.69 Å². The van der Waals surface area contributed by atoms with Crippen LogP contribution in [0.5, 0.6) is 5.75 Å². The van der Waals surface area contributed by atoms with E-state index in [4.69, 9.17) is 25.8 Å². The fourth-order valence-electron chi connectivity index (χ4n) is 8.26. The summed E-state index contributed by atoms with van der Waals surface area (Å²) < 4.78 is 44.8. The van der Waals surface area contributed by atoms with Crippen LogP contribution in [-0.4, -0.2) is 79.8 Å². The van der Waals surface area contributed by atoms with E-state index in [-0.39, 0.29) is 34.1 Å². The van der Waals surface area contributed by atoms with Gasteiger partial charge in [-0.1, -0.05) is 17.7 Å². The van der Waals surface area contributed by atoms with Gasteiger partial charge < -0.3 is 24.2 Å². The van der Waals surface area contributed by atoms with Gasteiger partial charge in [0.15, 0.2) is 0 Å². The van der Waals surface area contributed by atoms with E-state index in [2.05, 4.69) is 27.0 Å². The van der Waals surface area contributed by atoms with Crippen molar-refractivity contribution in [3.8, 4) is 5.75 Å². The summed E-state index contributed by atoms with van der Waals surface area (Å²) >= 11 is 6.41. The van der Waals surface area contributed by atoms with E-state index in [0.717, 1.165) is 55.9 Å². The van der Waals surface area contributed by atoms with Crippen molar-refractivity contribution in [3.63, 3.8) is 0 Å². The summed E-state index contributed by atoms with van der Waals surface area (Å²) in [5, 5.41) is 10.4. The third-order valence-corrected chi connectivity index (χ3v) is 12.6. The highest BCUT2D eigenvalue weighted by atomic mass is 35.5. The monoisotopic (exact) mass is 695 g/mol. The predicted octanol–water partition coefficient (Wildman–Crippen LogP) is 5.75. The standard InChI is InChI=1S/C36H42ClN3O7S/c1-23(20-48(43,44)35-38-13-3-14-39-35)47-28-11-15-45-33(18-28)29-8-5-26(29)19-40-21-36(12-2-4-24-16-27(37)7-9-30(24)36)22-46-32-10-6-25(34(41)42)17-31(32)40/h3,6-7,9-10,13-14,16-17,23,26,28-29,33H,2,4-5,8,11-12,15,18-22H2,1H3,(H,41,42)/t23-,26+,28+,29-,33-,36?/m1/s1. The van der Waals surface area contributed by atoms with Crippen LogP contribution in [0.25, 0.3) is 0 Å². The maximum Gasteiger partial charge on any atom is 0.335 e. The maximum absolute atomic E-state index is 12.8. The number of sulfone groups is 1. The van der Waals surface area contributed by atoms with Crippen LogP contribution in [0.3, 0.4) is 0 Å². The van der Waals surface area contributed by atoms with Crippen LogP contribution in [0.15, 0.2) is 60.0 Å². The first-order valence-electron chi connectivity index (χ1n) is 16.9. The number of hydrogen-bond acceptors (Lipinski definition) is 9. The average Bonchev–Trinajstić information content (AvgIpc) is 3.20. The topological polar surface area (TPSA) is 128 Å². The second kappa shape index (κ2) is 13.6. The van der Waals surface area contributed by atoms with Gasteiger partial charge in [0, 0.05) is 48.9 Å². The van der Waals surface area contributed by atoms with Crippen LogP contribution in [0.1, 0.15) is 66.9 Å². The first-order valence-corrected chi connectivity index (χ1v) is 18.9. The maximum atomic E-state index is 12.8. The molecular weight excluding hydrogens is 654 g/mol. The number of anilines is 1. The Morgan fingerprint density at radius 1 is 1.17 bits per heavy atom. The van der Waals surface area contributed by atoms with Gasteiger partial charge in [0.1, 0.15) is 5.75 Å². The molecule has 3 heterocycles. The molecule has 2 aliphatic heterocycles. The Labute approximate surface area is 286 Å². The smallest absolute Gasteiger partial charge is 0.335 e. The molecule has 1 spiro atoms. The number of aromatic carboxylic acids is 1. The molecule has 2 aromatic carbocycles. The second-order valence-electron chi connectivity index (χ2n) is 13.9. The van der Waals surface area contributed by atoms with Gasteiger partial charge in [-0.05, 0) is 105 Å². The first-order chi connectivity index (χ1) is 23.1. The molecule has 2 fully saturated rings. The molecule has 7 rings (SSSR count). The van der Waals surface area contributed by atoms with Gasteiger partial charge in [-0.15, -0.1) is 0 Å². The van der Waals surface area contributed by atoms with E-state index >= 15 is 0 Å². The van der Waals surface area contributed by atoms with Crippen LogP contribution in [0.2, 0.25) is 5.02 Å². The fourth-order valence-corrected chi connectivity index (χ4v) is 9.74. The molecule has 1 saturated heterocycles. The highest BCUT2D eigenvalue weighted by molar-refractivity contribution is 7.91. The minimum atomic E-state index is -3.66. The van der Waals surface area contributed by atoms with Gasteiger partial charge in [0.2, 0.25) is 15.0 Å². The van der Waals surface area contributed by atoms with E-state index in [1.54, 1.807) is 31.2 Å². The van der Waals surface area contributed by atoms with Gasteiger partial charge in [-0.25, -0.2) is 23.2 Å². The highest BCUT2D eigenvalue weighted by Crippen LogP contribution is 2.47. The number of carbonyl (C=O) groups is 1. The molecule has 12 heteroatoms. The Kier molecular flexibility index (Phi) is 9.40. The number of hydrogen-bond donors (Lipinski definition) is 1. The lowest BCUT2D eigenvalue weighted by molar-refractivity contribution is -0.126. The molecule has 2 aliphatic carbocycles. The number of nitrogens with zero attached hydrogens (tertiary/aromatic N) is 3. The molecular formula is C36H42ClN3O7S. The minimum absolute atomic E-state index is 0.00308. The van der Waals surface area contributed by atoms with Gasteiger partial charge >= 0.3 is 5.97 Å².